The molecule has 0 aromatic heterocycles. The molecule has 0 unspecified atom stereocenters. The summed E-state index contributed by atoms with van der Waals surface area (Å²) in [4.78, 5) is 2.76. The highest BCUT2D eigenvalue weighted by Gasteiger charge is 2.10. The molecule has 0 aliphatic rings. The van der Waals surface area contributed by atoms with Crippen molar-refractivity contribution in [3.8, 4) is 6.07 Å². The summed E-state index contributed by atoms with van der Waals surface area (Å²) in [6.45, 7) is 3.58. The average Bonchev–Trinajstić information content (AvgIpc) is 1.69. The van der Waals surface area contributed by atoms with Crippen LogP contribution >= 0.6 is 0 Å². The number of hydrogen-bond donors (Lipinski definition) is 0. The second-order valence-electron chi connectivity index (χ2n) is 1.75. The van der Waals surface area contributed by atoms with Gasteiger partial charge in [-0.2, -0.15) is 10.1 Å². The van der Waals surface area contributed by atoms with E-state index in [0.29, 0.717) is 0 Å². The third-order valence-electron chi connectivity index (χ3n) is 0.769. The Labute approximate surface area is 48.2 Å². The summed E-state index contributed by atoms with van der Waals surface area (Å²) in [6.07, 6.45) is 0. The minimum Gasteiger partial charge on any atom is -0.360 e. The van der Waals surface area contributed by atoms with E-state index >= 15 is 0 Å². The van der Waals surface area contributed by atoms with Gasteiger partial charge in [-0.3, -0.25) is 0 Å². The Kier molecular flexibility index (Phi) is 2.53. The molecule has 0 amide bonds. The SMILES string of the molecule is CC(C)C(C#N)=[N+]=[N-]. The third-order valence-corrected chi connectivity index (χ3v) is 0.769. The monoisotopic (exact) mass is 109 g/mol. The van der Waals surface area contributed by atoms with Crippen molar-refractivity contribution in [2.24, 2.45) is 5.92 Å². The fourth-order valence-electron chi connectivity index (χ4n) is 0.267. The van der Waals surface area contributed by atoms with Crippen LogP contribution in [0.2, 0.25) is 0 Å². The van der Waals surface area contributed by atoms with Crippen LogP contribution in [0.5, 0.6) is 0 Å². The van der Waals surface area contributed by atoms with Crippen molar-refractivity contribution < 1.29 is 4.79 Å². The van der Waals surface area contributed by atoms with Gasteiger partial charge >= 0.3 is 5.71 Å². The lowest BCUT2D eigenvalue weighted by Gasteiger charge is -1.83. The average molecular weight is 109 g/mol. The van der Waals surface area contributed by atoms with E-state index in [9.17, 15) is 0 Å². The van der Waals surface area contributed by atoms with Crippen LogP contribution in [0.3, 0.4) is 0 Å². The molecule has 0 fully saturated rings. The van der Waals surface area contributed by atoms with Gasteiger partial charge < -0.3 is 5.53 Å². The third kappa shape index (κ3) is 1.55. The number of rotatable bonds is 1. The summed E-state index contributed by atoms with van der Waals surface area (Å²) < 4.78 is 0. The van der Waals surface area contributed by atoms with Crippen molar-refractivity contribution in [2.45, 2.75) is 13.8 Å². The largest absolute Gasteiger partial charge is 0.370 e. The Morgan fingerprint density at radius 3 is 2.25 bits per heavy atom. The number of nitriles is 1. The first-order chi connectivity index (χ1) is 3.72. The van der Waals surface area contributed by atoms with Crippen LogP contribution in [-0.4, -0.2) is 10.5 Å². The second kappa shape index (κ2) is 2.95. The van der Waals surface area contributed by atoms with Crippen molar-refractivity contribution in [3.05, 3.63) is 5.53 Å². The number of nitrogens with zero attached hydrogens (tertiary/aromatic N) is 3. The summed E-state index contributed by atoms with van der Waals surface area (Å²) in [5, 5.41) is 8.16. The smallest absolute Gasteiger partial charge is 0.360 e. The molecule has 0 heterocycles. The zero-order valence-corrected chi connectivity index (χ0v) is 4.92. The fraction of sp³-hybridized carbons (Fsp3) is 0.600. The van der Waals surface area contributed by atoms with E-state index in [-0.39, 0.29) is 11.6 Å². The van der Waals surface area contributed by atoms with Gasteiger partial charge in [0.05, 0.1) is 5.92 Å². The molecule has 0 aromatic carbocycles. The van der Waals surface area contributed by atoms with Gasteiger partial charge in [0.25, 0.3) is 0 Å². The van der Waals surface area contributed by atoms with Crippen LogP contribution in [0.15, 0.2) is 0 Å². The molecule has 3 nitrogen and oxygen atoms in total. The maximum absolute atomic E-state index is 8.16. The van der Waals surface area contributed by atoms with Gasteiger partial charge in [0.2, 0.25) is 0 Å². The Bertz CT molecular complexity index is 157. The van der Waals surface area contributed by atoms with E-state index in [2.05, 4.69) is 4.79 Å². The molecule has 0 aliphatic heterocycles. The quantitative estimate of drug-likeness (QED) is 0.279. The minimum atomic E-state index is 0.0185. The molecule has 0 atom stereocenters. The molecular formula is C5H7N3. The van der Waals surface area contributed by atoms with Gasteiger partial charge in [0, 0.05) is 0 Å². The summed E-state index contributed by atoms with van der Waals surface area (Å²) >= 11 is 0. The van der Waals surface area contributed by atoms with Gasteiger partial charge in [-0.15, -0.1) is 0 Å². The molecule has 0 rings (SSSR count). The summed E-state index contributed by atoms with van der Waals surface area (Å²) in [5.41, 5.74) is 8.23. The molecule has 0 aliphatic carbocycles. The van der Waals surface area contributed by atoms with Crippen molar-refractivity contribution in [3.63, 3.8) is 0 Å². The Balaban J connectivity index is 4.20. The van der Waals surface area contributed by atoms with E-state index in [0.717, 1.165) is 0 Å². The highest BCUT2D eigenvalue weighted by molar-refractivity contribution is 5.95. The second-order valence-corrected chi connectivity index (χ2v) is 1.75. The first kappa shape index (κ1) is 6.87. The van der Waals surface area contributed by atoms with Gasteiger partial charge in [0.15, 0.2) is 6.07 Å². The molecule has 0 aromatic rings. The number of hydrogen-bond acceptors (Lipinski definition) is 1. The molecule has 0 saturated heterocycles. The van der Waals surface area contributed by atoms with E-state index < -0.39 is 0 Å². The first-order valence-corrected chi connectivity index (χ1v) is 2.34. The van der Waals surface area contributed by atoms with Crippen LogP contribution in [0.4, 0.5) is 0 Å². The van der Waals surface area contributed by atoms with E-state index in [1.807, 2.05) is 0 Å². The molecule has 42 valence electrons. The van der Waals surface area contributed by atoms with Crippen molar-refractivity contribution in [2.75, 3.05) is 0 Å². The lowest BCUT2D eigenvalue weighted by molar-refractivity contribution is -0.00871. The Morgan fingerprint density at radius 2 is 2.25 bits per heavy atom. The van der Waals surface area contributed by atoms with Crippen molar-refractivity contribution in [1.29, 1.82) is 5.26 Å². The molecular weight excluding hydrogens is 102 g/mol. The fourth-order valence-corrected chi connectivity index (χ4v) is 0.267. The summed E-state index contributed by atoms with van der Waals surface area (Å²) in [6, 6.07) is 1.75. The van der Waals surface area contributed by atoms with Crippen LogP contribution in [-0.2, 0) is 0 Å². The molecule has 0 saturated carbocycles. The minimum absolute atomic E-state index is 0.0185. The maximum atomic E-state index is 8.16. The highest BCUT2D eigenvalue weighted by atomic mass is 14.9. The Hall–Kier alpha value is -1.13. The Morgan fingerprint density at radius 1 is 1.75 bits per heavy atom. The zero-order valence-electron chi connectivity index (χ0n) is 4.92. The van der Waals surface area contributed by atoms with Crippen LogP contribution < -0.4 is 0 Å². The van der Waals surface area contributed by atoms with E-state index in [1.165, 1.54) is 0 Å². The van der Waals surface area contributed by atoms with Crippen LogP contribution in [0.1, 0.15) is 13.8 Å². The molecule has 0 bridgehead atoms. The topological polar surface area (TPSA) is 60.2 Å². The predicted molar refractivity (Wildman–Crippen MR) is 29.1 cm³/mol. The van der Waals surface area contributed by atoms with Crippen molar-refractivity contribution >= 4 is 5.71 Å². The highest BCUT2D eigenvalue weighted by Crippen LogP contribution is 1.90. The predicted octanol–water partition coefficient (Wildman–Crippen LogP) is 0.837. The van der Waals surface area contributed by atoms with Gasteiger partial charge in [-0.05, 0) is 0 Å². The molecule has 0 spiro atoms. The molecule has 0 N–H and O–H groups in total. The molecule has 8 heavy (non-hydrogen) atoms. The zero-order chi connectivity index (χ0) is 6.57. The van der Waals surface area contributed by atoms with E-state index in [4.69, 9.17) is 10.8 Å². The van der Waals surface area contributed by atoms with Gasteiger partial charge in [-0.1, -0.05) is 13.8 Å². The first-order valence-electron chi connectivity index (χ1n) is 2.34. The summed E-state index contributed by atoms with van der Waals surface area (Å²) in [5.74, 6) is 0.0185. The summed E-state index contributed by atoms with van der Waals surface area (Å²) in [7, 11) is 0. The van der Waals surface area contributed by atoms with Crippen LogP contribution in [0.25, 0.3) is 5.53 Å². The maximum Gasteiger partial charge on any atom is 0.370 e. The molecule has 3 heteroatoms. The van der Waals surface area contributed by atoms with Crippen molar-refractivity contribution in [1.82, 2.24) is 0 Å². The standard InChI is InChI=1S/C5H7N3/c1-4(2)5(3-6)8-7/h4H,1-2H3. The lowest BCUT2D eigenvalue weighted by Crippen LogP contribution is -2.04. The van der Waals surface area contributed by atoms with Crippen LogP contribution in [0, 0.1) is 17.2 Å². The van der Waals surface area contributed by atoms with Gasteiger partial charge in [-0.25, -0.2) is 0 Å². The molecule has 0 radical (unpaired) electrons. The lowest BCUT2D eigenvalue weighted by atomic mass is 10.1. The normalized spacial score (nSPS) is 7.75. The van der Waals surface area contributed by atoms with Gasteiger partial charge in [0.1, 0.15) is 0 Å². The van der Waals surface area contributed by atoms with E-state index in [1.54, 1.807) is 19.9 Å².